The topological polar surface area (TPSA) is 0 Å². The van der Waals surface area contributed by atoms with E-state index >= 15 is 0 Å². The molecule has 0 saturated carbocycles. The van der Waals surface area contributed by atoms with Crippen molar-refractivity contribution < 1.29 is 0 Å². The first-order valence-electron chi connectivity index (χ1n) is 12.5. The van der Waals surface area contributed by atoms with Crippen LogP contribution in [0.5, 0.6) is 0 Å². The second-order valence-electron chi connectivity index (χ2n) is 9.65. The van der Waals surface area contributed by atoms with Gasteiger partial charge in [-0.05, 0) is 80.6 Å². The fourth-order valence-corrected chi connectivity index (χ4v) is 5.13. The van der Waals surface area contributed by atoms with Crippen molar-refractivity contribution in [2.75, 3.05) is 0 Å². The summed E-state index contributed by atoms with van der Waals surface area (Å²) < 4.78 is 0. The maximum Gasteiger partial charge on any atom is -0.00930 e. The molecule has 0 unspecified atom stereocenters. The van der Waals surface area contributed by atoms with Crippen LogP contribution in [0.2, 0.25) is 0 Å². The van der Waals surface area contributed by atoms with Gasteiger partial charge in [0.15, 0.2) is 0 Å². The van der Waals surface area contributed by atoms with Crippen LogP contribution in [0.25, 0.3) is 56.6 Å². The molecule has 6 aromatic rings. The zero-order chi connectivity index (χ0) is 24.5. The van der Waals surface area contributed by atoms with Crippen molar-refractivity contribution >= 4 is 56.6 Å². The summed E-state index contributed by atoms with van der Waals surface area (Å²) in [7, 11) is 0. The highest BCUT2D eigenvalue weighted by Gasteiger charge is 2.09. The Hall–Kier alpha value is -4.42. The van der Waals surface area contributed by atoms with E-state index < -0.39 is 0 Å². The lowest BCUT2D eigenvalue weighted by Crippen LogP contribution is -1.85. The zero-order valence-corrected chi connectivity index (χ0v) is 20.7. The molecule has 0 aliphatic heterocycles. The maximum atomic E-state index is 2.33. The minimum absolute atomic E-state index is 1.21. The SMILES string of the molecule is Cc1cccc(/C=C/c2ccc3c4ccc(/C=C/c5cccc(C)c5)cc4c4ccccc4c3c2)c1. The largest absolute Gasteiger partial charge is 0.0616 e. The van der Waals surface area contributed by atoms with Crippen molar-refractivity contribution in [2.45, 2.75) is 13.8 Å². The van der Waals surface area contributed by atoms with Crippen molar-refractivity contribution in [3.8, 4) is 0 Å². The predicted octanol–water partition coefficient (Wildman–Crippen LogP) is 10.1. The molecule has 0 heterocycles. The van der Waals surface area contributed by atoms with Crippen LogP contribution in [0.15, 0.2) is 109 Å². The second kappa shape index (κ2) is 9.32. The summed E-state index contributed by atoms with van der Waals surface area (Å²) in [5, 5.41) is 7.78. The number of benzene rings is 6. The molecule has 36 heavy (non-hydrogen) atoms. The van der Waals surface area contributed by atoms with Gasteiger partial charge < -0.3 is 0 Å². The Bertz CT molecular complexity index is 1640. The molecule has 0 heteroatoms. The summed E-state index contributed by atoms with van der Waals surface area (Å²) in [6.45, 7) is 4.27. The standard InChI is InChI=1S/C36H28/c1-25-7-5-9-27(21-25)13-15-29-17-19-33-34-20-18-30(16-14-28-10-6-8-26(2)22-28)24-36(34)32-12-4-3-11-31(32)35(33)23-29/h3-24H,1-2H3/b15-13+,16-14+. The van der Waals surface area contributed by atoms with Gasteiger partial charge in [-0.3, -0.25) is 0 Å². The van der Waals surface area contributed by atoms with Gasteiger partial charge >= 0.3 is 0 Å². The lowest BCUT2D eigenvalue weighted by Gasteiger charge is -2.12. The van der Waals surface area contributed by atoms with Crippen molar-refractivity contribution in [3.05, 3.63) is 143 Å². The van der Waals surface area contributed by atoms with E-state index in [0.29, 0.717) is 0 Å². The fraction of sp³-hybridized carbons (Fsp3) is 0.0556. The molecule has 0 saturated heterocycles. The molecule has 172 valence electrons. The Morgan fingerprint density at radius 3 is 1.14 bits per heavy atom. The summed E-state index contributed by atoms with van der Waals surface area (Å²) in [6.07, 6.45) is 8.83. The van der Waals surface area contributed by atoms with E-state index in [1.54, 1.807) is 0 Å². The molecular weight excluding hydrogens is 432 g/mol. The number of fused-ring (bicyclic) bond motifs is 6. The van der Waals surface area contributed by atoms with Crippen LogP contribution in [0.1, 0.15) is 33.4 Å². The maximum absolute atomic E-state index is 2.33. The van der Waals surface area contributed by atoms with Gasteiger partial charge in [0.05, 0.1) is 0 Å². The molecule has 0 spiro atoms. The average molecular weight is 461 g/mol. The van der Waals surface area contributed by atoms with Gasteiger partial charge in [-0.15, -0.1) is 0 Å². The highest BCUT2D eigenvalue weighted by molar-refractivity contribution is 6.25. The van der Waals surface area contributed by atoms with Crippen molar-refractivity contribution in [1.82, 2.24) is 0 Å². The van der Waals surface area contributed by atoms with Gasteiger partial charge in [-0.2, -0.15) is 0 Å². The normalized spacial score (nSPS) is 11.9. The van der Waals surface area contributed by atoms with E-state index in [1.165, 1.54) is 65.7 Å². The summed E-state index contributed by atoms with van der Waals surface area (Å²) in [6, 6.07) is 39.7. The van der Waals surface area contributed by atoms with Crippen LogP contribution in [-0.4, -0.2) is 0 Å². The molecule has 0 amide bonds. The Labute approximate surface area is 212 Å². The Kier molecular flexibility index (Phi) is 5.71. The molecule has 0 radical (unpaired) electrons. The van der Waals surface area contributed by atoms with Crippen LogP contribution >= 0.6 is 0 Å². The fourth-order valence-electron chi connectivity index (χ4n) is 5.13. The third kappa shape index (κ3) is 4.34. The van der Waals surface area contributed by atoms with E-state index in [0.717, 1.165) is 0 Å². The van der Waals surface area contributed by atoms with Gasteiger partial charge in [0.25, 0.3) is 0 Å². The molecule has 0 N–H and O–H groups in total. The molecule has 0 atom stereocenters. The van der Waals surface area contributed by atoms with Gasteiger partial charge in [-0.25, -0.2) is 0 Å². The first-order chi connectivity index (χ1) is 17.6. The number of rotatable bonds is 4. The smallest absolute Gasteiger partial charge is 0.00930 e. The lowest BCUT2D eigenvalue weighted by molar-refractivity contribution is 1.46. The van der Waals surface area contributed by atoms with E-state index in [1.807, 2.05) is 0 Å². The molecule has 6 aromatic carbocycles. The third-order valence-corrected chi connectivity index (χ3v) is 6.91. The minimum Gasteiger partial charge on any atom is -0.0616 e. The van der Waals surface area contributed by atoms with Crippen LogP contribution in [0.3, 0.4) is 0 Å². The Morgan fingerprint density at radius 2 is 0.722 bits per heavy atom. The molecule has 0 aliphatic rings. The summed E-state index contributed by atoms with van der Waals surface area (Å²) in [4.78, 5) is 0. The first-order valence-corrected chi connectivity index (χ1v) is 12.5. The number of hydrogen-bond acceptors (Lipinski definition) is 0. The quantitative estimate of drug-likeness (QED) is 0.181. The van der Waals surface area contributed by atoms with Crippen LogP contribution < -0.4 is 0 Å². The third-order valence-electron chi connectivity index (χ3n) is 6.91. The predicted molar refractivity (Wildman–Crippen MR) is 159 cm³/mol. The van der Waals surface area contributed by atoms with Crippen LogP contribution in [0.4, 0.5) is 0 Å². The Morgan fingerprint density at radius 1 is 0.333 bits per heavy atom. The molecule has 0 nitrogen and oxygen atoms in total. The van der Waals surface area contributed by atoms with E-state index in [-0.39, 0.29) is 0 Å². The summed E-state index contributed by atoms with van der Waals surface area (Å²) in [5.74, 6) is 0. The van der Waals surface area contributed by atoms with Gasteiger partial charge in [0.2, 0.25) is 0 Å². The highest BCUT2D eigenvalue weighted by atomic mass is 14.1. The van der Waals surface area contributed by atoms with Crippen molar-refractivity contribution in [1.29, 1.82) is 0 Å². The Balaban J connectivity index is 1.46. The zero-order valence-electron chi connectivity index (χ0n) is 20.7. The number of aryl methyl sites for hydroxylation is 2. The molecule has 0 bridgehead atoms. The molecular formula is C36H28. The second-order valence-corrected chi connectivity index (χ2v) is 9.65. The van der Waals surface area contributed by atoms with E-state index in [2.05, 4.69) is 147 Å². The highest BCUT2D eigenvalue weighted by Crippen LogP contribution is 2.36. The van der Waals surface area contributed by atoms with Gasteiger partial charge in [0.1, 0.15) is 0 Å². The molecule has 0 fully saturated rings. The van der Waals surface area contributed by atoms with Crippen LogP contribution in [0, 0.1) is 13.8 Å². The van der Waals surface area contributed by atoms with Crippen molar-refractivity contribution in [2.24, 2.45) is 0 Å². The first kappa shape index (κ1) is 22.1. The monoisotopic (exact) mass is 460 g/mol. The van der Waals surface area contributed by atoms with Gasteiger partial charge in [-0.1, -0.05) is 132 Å². The summed E-state index contributed by atoms with van der Waals surface area (Å²) in [5.41, 5.74) is 7.44. The van der Waals surface area contributed by atoms with Gasteiger partial charge in [0, 0.05) is 0 Å². The lowest BCUT2D eigenvalue weighted by atomic mass is 9.92. The molecule has 6 rings (SSSR count). The molecule has 0 aromatic heterocycles. The average Bonchev–Trinajstić information content (AvgIpc) is 2.91. The van der Waals surface area contributed by atoms with E-state index in [4.69, 9.17) is 0 Å². The van der Waals surface area contributed by atoms with Crippen LogP contribution in [-0.2, 0) is 0 Å². The van der Waals surface area contributed by atoms with E-state index in [9.17, 15) is 0 Å². The number of hydrogen-bond donors (Lipinski definition) is 0. The molecule has 0 aliphatic carbocycles. The minimum atomic E-state index is 1.21. The summed E-state index contributed by atoms with van der Waals surface area (Å²) >= 11 is 0. The van der Waals surface area contributed by atoms with Crippen molar-refractivity contribution in [3.63, 3.8) is 0 Å².